The number of imidazole rings is 1. The quantitative estimate of drug-likeness (QED) is 0.523. The first-order chi connectivity index (χ1) is 13.6. The van der Waals surface area contributed by atoms with Crippen molar-refractivity contribution < 1.29 is 4.79 Å². The standard InChI is InChI=1S/C23H20ClN3O/c1-16-8-2-3-9-17(16)15-27-21-13-7-6-12-20(21)26-22(27)14-25-23(28)18-10-4-5-11-19(18)24/h2-13H,14-15H2,1H3,(H,25,28). The number of hydrogen-bond donors (Lipinski definition) is 1. The van der Waals surface area contributed by atoms with Gasteiger partial charge in [-0.15, -0.1) is 0 Å². The summed E-state index contributed by atoms with van der Waals surface area (Å²) in [4.78, 5) is 17.3. The number of para-hydroxylation sites is 2. The zero-order valence-corrected chi connectivity index (χ0v) is 16.3. The number of fused-ring (bicyclic) bond motifs is 1. The van der Waals surface area contributed by atoms with Crippen LogP contribution < -0.4 is 5.32 Å². The average Bonchev–Trinajstić information content (AvgIpc) is 3.06. The number of carbonyl (C=O) groups excluding carboxylic acids is 1. The summed E-state index contributed by atoms with van der Waals surface area (Å²) in [5.74, 6) is 0.602. The number of nitrogens with zero attached hydrogens (tertiary/aromatic N) is 2. The number of nitrogens with one attached hydrogen (secondary N) is 1. The third kappa shape index (κ3) is 3.64. The molecular formula is C23H20ClN3O. The van der Waals surface area contributed by atoms with Crippen LogP contribution in [0.4, 0.5) is 0 Å². The SMILES string of the molecule is Cc1ccccc1Cn1c(CNC(=O)c2ccccc2Cl)nc2ccccc21. The molecule has 1 N–H and O–H groups in total. The zero-order valence-electron chi connectivity index (χ0n) is 15.5. The Morgan fingerprint density at radius 2 is 1.71 bits per heavy atom. The number of halogens is 1. The molecule has 1 amide bonds. The van der Waals surface area contributed by atoms with Crippen molar-refractivity contribution in [1.82, 2.24) is 14.9 Å². The highest BCUT2D eigenvalue weighted by molar-refractivity contribution is 6.33. The van der Waals surface area contributed by atoms with Gasteiger partial charge in [0.15, 0.2) is 0 Å². The van der Waals surface area contributed by atoms with E-state index in [9.17, 15) is 4.79 Å². The Balaban J connectivity index is 1.64. The fraction of sp³-hybridized carbons (Fsp3) is 0.130. The first-order valence-electron chi connectivity index (χ1n) is 9.15. The molecule has 28 heavy (non-hydrogen) atoms. The first-order valence-corrected chi connectivity index (χ1v) is 9.52. The Morgan fingerprint density at radius 1 is 1.00 bits per heavy atom. The maximum Gasteiger partial charge on any atom is 0.253 e. The minimum absolute atomic E-state index is 0.208. The molecule has 4 nitrogen and oxygen atoms in total. The van der Waals surface area contributed by atoms with E-state index in [-0.39, 0.29) is 5.91 Å². The summed E-state index contributed by atoms with van der Waals surface area (Å²) >= 11 is 6.14. The van der Waals surface area contributed by atoms with Gasteiger partial charge in [0.2, 0.25) is 0 Å². The monoisotopic (exact) mass is 389 g/mol. The van der Waals surface area contributed by atoms with Crippen molar-refractivity contribution in [3.8, 4) is 0 Å². The number of hydrogen-bond acceptors (Lipinski definition) is 2. The second kappa shape index (κ2) is 7.87. The van der Waals surface area contributed by atoms with Crippen molar-refractivity contribution in [3.63, 3.8) is 0 Å². The van der Waals surface area contributed by atoms with Crippen LogP contribution in [0, 0.1) is 6.92 Å². The molecular weight excluding hydrogens is 370 g/mol. The van der Waals surface area contributed by atoms with Gasteiger partial charge in [-0.2, -0.15) is 0 Å². The van der Waals surface area contributed by atoms with Crippen LogP contribution in [0.3, 0.4) is 0 Å². The van der Waals surface area contributed by atoms with E-state index in [1.165, 1.54) is 11.1 Å². The second-order valence-electron chi connectivity index (χ2n) is 6.69. The van der Waals surface area contributed by atoms with Gasteiger partial charge in [-0.25, -0.2) is 4.98 Å². The number of benzene rings is 3. The van der Waals surface area contributed by atoms with E-state index in [1.807, 2.05) is 30.3 Å². The largest absolute Gasteiger partial charge is 0.345 e. The number of amides is 1. The maximum atomic E-state index is 12.5. The normalized spacial score (nSPS) is 10.9. The lowest BCUT2D eigenvalue weighted by Gasteiger charge is -2.12. The number of rotatable bonds is 5. The van der Waals surface area contributed by atoms with E-state index in [0.29, 0.717) is 23.7 Å². The molecule has 0 bridgehead atoms. The van der Waals surface area contributed by atoms with Gasteiger partial charge in [-0.1, -0.05) is 60.1 Å². The second-order valence-corrected chi connectivity index (χ2v) is 7.10. The summed E-state index contributed by atoms with van der Waals surface area (Å²) in [5, 5.41) is 3.39. The fourth-order valence-electron chi connectivity index (χ4n) is 3.29. The van der Waals surface area contributed by atoms with Gasteiger partial charge >= 0.3 is 0 Å². The van der Waals surface area contributed by atoms with E-state index in [0.717, 1.165) is 16.9 Å². The van der Waals surface area contributed by atoms with Gasteiger partial charge in [0.25, 0.3) is 5.91 Å². The van der Waals surface area contributed by atoms with Crippen molar-refractivity contribution >= 4 is 28.5 Å². The predicted molar refractivity (Wildman–Crippen MR) is 113 cm³/mol. The van der Waals surface area contributed by atoms with Crippen LogP contribution in [0.15, 0.2) is 72.8 Å². The Hall–Kier alpha value is -3.11. The zero-order chi connectivity index (χ0) is 19.5. The van der Waals surface area contributed by atoms with Crippen molar-refractivity contribution in [2.45, 2.75) is 20.0 Å². The molecule has 4 rings (SSSR count). The first kappa shape index (κ1) is 18.3. The van der Waals surface area contributed by atoms with Crippen LogP contribution in [-0.4, -0.2) is 15.5 Å². The molecule has 3 aromatic carbocycles. The lowest BCUT2D eigenvalue weighted by atomic mass is 10.1. The summed E-state index contributed by atoms with van der Waals surface area (Å²) in [7, 11) is 0. The predicted octanol–water partition coefficient (Wildman–Crippen LogP) is 4.98. The van der Waals surface area contributed by atoms with Crippen molar-refractivity contribution in [2.24, 2.45) is 0 Å². The summed E-state index contributed by atoms with van der Waals surface area (Å²) < 4.78 is 2.16. The molecule has 0 aliphatic heterocycles. The lowest BCUT2D eigenvalue weighted by Crippen LogP contribution is -2.25. The van der Waals surface area contributed by atoms with Gasteiger partial charge in [-0.3, -0.25) is 4.79 Å². The summed E-state index contributed by atoms with van der Waals surface area (Å²) in [6, 6.07) is 23.4. The van der Waals surface area contributed by atoms with Crippen LogP contribution in [-0.2, 0) is 13.1 Å². The molecule has 0 atom stereocenters. The summed E-state index contributed by atoms with van der Waals surface area (Å²) in [6.07, 6.45) is 0. The van der Waals surface area contributed by atoms with Gasteiger partial charge in [0.05, 0.1) is 28.2 Å². The Bertz CT molecular complexity index is 1150. The number of carbonyl (C=O) groups is 1. The lowest BCUT2D eigenvalue weighted by molar-refractivity contribution is 0.0949. The smallest absolute Gasteiger partial charge is 0.253 e. The third-order valence-electron chi connectivity index (χ3n) is 4.85. The van der Waals surface area contributed by atoms with Gasteiger partial charge < -0.3 is 9.88 Å². The van der Waals surface area contributed by atoms with Gasteiger partial charge in [-0.05, 0) is 42.3 Å². The van der Waals surface area contributed by atoms with Crippen molar-refractivity contribution in [2.75, 3.05) is 0 Å². The third-order valence-corrected chi connectivity index (χ3v) is 5.18. The van der Waals surface area contributed by atoms with E-state index < -0.39 is 0 Å². The van der Waals surface area contributed by atoms with Crippen molar-refractivity contribution in [3.05, 3.63) is 100 Å². The average molecular weight is 390 g/mol. The highest BCUT2D eigenvalue weighted by Crippen LogP contribution is 2.20. The molecule has 1 aromatic heterocycles. The van der Waals surface area contributed by atoms with Crippen LogP contribution in [0.25, 0.3) is 11.0 Å². The minimum atomic E-state index is -0.208. The molecule has 5 heteroatoms. The van der Waals surface area contributed by atoms with E-state index in [4.69, 9.17) is 16.6 Å². The van der Waals surface area contributed by atoms with E-state index in [1.54, 1.807) is 24.3 Å². The van der Waals surface area contributed by atoms with Crippen molar-refractivity contribution in [1.29, 1.82) is 0 Å². The molecule has 0 spiro atoms. The molecule has 4 aromatic rings. The van der Waals surface area contributed by atoms with Crippen LogP contribution in [0.1, 0.15) is 27.3 Å². The highest BCUT2D eigenvalue weighted by atomic mass is 35.5. The van der Waals surface area contributed by atoms with Crippen LogP contribution in [0.2, 0.25) is 5.02 Å². The molecule has 0 saturated heterocycles. The molecule has 140 valence electrons. The topological polar surface area (TPSA) is 46.9 Å². The number of aromatic nitrogens is 2. The van der Waals surface area contributed by atoms with Crippen LogP contribution >= 0.6 is 11.6 Å². The maximum absolute atomic E-state index is 12.5. The fourth-order valence-corrected chi connectivity index (χ4v) is 3.52. The summed E-state index contributed by atoms with van der Waals surface area (Å²) in [6.45, 7) is 3.13. The van der Waals surface area contributed by atoms with Gasteiger partial charge in [0, 0.05) is 6.54 Å². The number of aryl methyl sites for hydroxylation is 1. The van der Waals surface area contributed by atoms with Crippen LogP contribution in [0.5, 0.6) is 0 Å². The van der Waals surface area contributed by atoms with Gasteiger partial charge in [0.1, 0.15) is 5.82 Å². The molecule has 0 saturated carbocycles. The highest BCUT2D eigenvalue weighted by Gasteiger charge is 2.14. The Morgan fingerprint density at radius 3 is 2.54 bits per heavy atom. The van der Waals surface area contributed by atoms with E-state index >= 15 is 0 Å². The molecule has 0 fully saturated rings. The Labute approximate surface area is 168 Å². The molecule has 0 aliphatic rings. The molecule has 0 aliphatic carbocycles. The van der Waals surface area contributed by atoms with E-state index in [2.05, 4.69) is 35.0 Å². The summed E-state index contributed by atoms with van der Waals surface area (Å²) in [5.41, 5.74) is 4.88. The molecule has 0 radical (unpaired) electrons. The molecule has 1 heterocycles. The minimum Gasteiger partial charge on any atom is -0.345 e. The molecule has 0 unspecified atom stereocenters. The Kier molecular flexibility index (Phi) is 5.13.